The molecule has 12 nitrogen and oxygen atoms in total. The zero-order valence-corrected chi connectivity index (χ0v) is 28.5. The second-order valence-corrected chi connectivity index (χ2v) is 14.5. The molecule has 48 heavy (non-hydrogen) atoms. The number of esters is 2. The fourth-order valence-electron chi connectivity index (χ4n) is 5.95. The molecule has 0 bridgehead atoms. The summed E-state index contributed by atoms with van der Waals surface area (Å²) in [5, 5.41) is 12.9. The highest BCUT2D eigenvalue weighted by atomic mass is 16.6. The Balaban J connectivity index is 1.47. The highest BCUT2D eigenvalue weighted by Crippen LogP contribution is 2.37. The first-order valence-corrected chi connectivity index (χ1v) is 16.5. The van der Waals surface area contributed by atoms with Crippen LogP contribution in [0.1, 0.15) is 97.0 Å². The van der Waals surface area contributed by atoms with E-state index in [9.17, 15) is 19.2 Å². The number of Topliss-reactive ketones (excluding diaryl/α,β-unsaturated/α-hetero) is 1. The molecular formula is C36H44N4O8. The van der Waals surface area contributed by atoms with E-state index < -0.39 is 46.3 Å². The van der Waals surface area contributed by atoms with E-state index in [0.717, 1.165) is 11.1 Å². The minimum Gasteiger partial charge on any atom is -0.493 e. The first-order chi connectivity index (χ1) is 22.6. The van der Waals surface area contributed by atoms with Crippen LogP contribution >= 0.6 is 0 Å². The lowest BCUT2D eigenvalue weighted by Crippen LogP contribution is -2.49. The van der Waals surface area contributed by atoms with Crippen molar-refractivity contribution in [3.05, 3.63) is 58.5 Å². The molecule has 0 spiro atoms. The van der Waals surface area contributed by atoms with Gasteiger partial charge in [0, 0.05) is 19.0 Å². The number of hydrogen-bond donors (Lipinski definition) is 0. The molecule has 5 rings (SSSR count). The van der Waals surface area contributed by atoms with Gasteiger partial charge in [-0.1, -0.05) is 48.2 Å². The van der Waals surface area contributed by atoms with Gasteiger partial charge in [0.1, 0.15) is 22.5 Å². The van der Waals surface area contributed by atoms with Crippen LogP contribution in [-0.4, -0.2) is 55.7 Å². The quantitative estimate of drug-likeness (QED) is 0.0966. The highest BCUT2D eigenvalue weighted by Gasteiger charge is 2.53. The SMILES string of the molecule is CC(C)(C)OC(=O)C(CCn1nnc2ccccc2c1=O)(CC(=O)c1noc2cc(OCCC3CCCC3)ccc12)C(=O)OC(C)(C)C. The Kier molecular flexibility index (Phi) is 10.0. The van der Waals surface area contributed by atoms with Crippen molar-refractivity contribution in [2.75, 3.05) is 6.61 Å². The van der Waals surface area contributed by atoms with E-state index in [1.54, 1.807) is 84.0 Å². The van der Waals surface area contributed by atoms with E-state index >= 15 is 0 Å². The number of rotatable bonds is 12. The third-order valence-corrected chi connectivity index (χ3v) is 8.40. The van der Waals surface area contributed by atoms with Crippen molar-refractivity contribution < 1.29 is 33.1 Å². The third-order valence-electron chi connectivity index (χ3n) is 8.40. The Morgan fingerprint density at radius 3 is 2.25 bits per heavy atom. The zero-order valence-electron chi connectivity index (χ0n) is 28.5. The molecule has 2 aromatic carbocycles. The number of carbonyl (C=O) groups is 3. The van der Waals surface area contributed by atoms with Crippen LogP contribution in [0, 0.1) is 11.3 Å². The van der Waals surface area contributed by atoms with Crippen molar-refractivity contribution in [1.29, 1.82) is 0 Å². The van der Waals surface area contributed by atoms with Gasteiger partial charge >= 0.3 is 11.9 Å². The average Bonchev–Trinajstić information content (AvgIpc) is 3.68. The first kappa shape index (κ1) is 34.7. The van der Waals surface area contributed by atoms with Crippen molar-refractivity contribution in [3.63, 3.8) is 0 Å². The molecule has 2 heterocycles. The molecule has 0 radical (unpaired) electrons. The monoisotopic (exact) mass is 660 g/mol. The van der Waals surface area contributed by atoms with Gasteiger partial charge in [-0.3, -0.25) is 19.2 Å². The van der Waals surface area contributed by atoms with Gasteiger partial charge in [0.25, 0.3) is 5.56 Å². The fraction of sp³-hybridized carbons (Fsp3) is 0.528. The summed E-state index contributed by atoms with van der Waals surface area (Å²) in [4.78, 5) is 55.5. The summed E-state index contributed by atoms with van der Waals surface area (Å²) in [6, 6.07) is 11.8. The summed E-state index contributed by atoms with van der Waals surface area (Å²) in [7, 11) is 0. The molecular weight excluding hydrogens is 616 g/mol. The fourth-order valence-corrected chi connectivity index (χ4v) is 5.95. The van der Waals surface area contributed by atoms with Gasteiger partial charge in [-0.05, 0) is 84.6 Å². The van der Waals surface area contributed by atoms with Crippen molar-refractivity contribution in [3.8, 4) is 5.75 Å². The van der Waals surface area contributed by atoms with E-state index in [0.29, 0.717) is 40.1 Å². The predicted molar refractivity (Wildman–Crippen MR) is 178 cm³/mol. The Bertz CT molecular complexity index is 1830. The van der Waals surface area contributed by atoms with Crippen molar-refractivity contribution in [1.82, 2.24) is 20.2 Å². The van der Waals surface area contributed by atoms with Crippen LogP contribution in [0.25, 0.3) is 21.9 Å². The van der Waals surface area contributed by atoms with Crippen LogP contribution in [0.4, 0.5) is 0 Å². The molecule has 1 saturated carbocycles. The van der Waals surface area contributed by atoms with E-state index in [-0.39, 0.29) is 18.7 Å². The van der Waals surface area contributed by atoms with Gasteiger partial charge in [-0.25, -0.2) is 4.68 Å². The van der Waals surface area contributed by atoms with Gasteiger partial charge in [0.05, 0.1) is 17.4 Å². The summed E-state index contributed by atoms with van der Waals surface area (Å²) >= 11 is 0. The van der Waals surface area contributed by atoms with Gasteiger partial charge in [-0.15, -0.1) is 5.10 Å². The predicted octanol–water partition coefficient (Wildman–Crippen LogP) is 6.22. The second kappa shape index (κ2) is 13.9. The number of hydrogen-bond acceptors (Lipinski definition) is 11. The Morgan fingerprint density at radius 2 is 1.58 bits per heavy atom. The molecule has 2 aromatic heterocycles. The van der Waals surface area contributed by atoms with Crippen molar-refractivity contribution in [2.45, 2.75) is 104 Å². The second-order valence-electron chi connectivity index (χ2n) is 14.5. The minimum absolute atomic E-state index is 0.0540. The number of benzene rings is 2. The molecule has 0 saturated heterocycles. The van der Waals surface area contributed by atoms with Gasteiger partial charge in [0.2, 0.25) is 0 Å². The zero-order chi connectivity index (χ0) is 34.7. The molecule has 0 unspecified atom stereocenters. The number of aromatic nitrogens is 4. The summed E-state index contributed by atoms with van der Waals surface area (Å²) in [6.07, 6.45) is 4.98. The largest absolute Gasteiger partial charge is 0.493 e. The van der Waals surface area contributed by atoms with Gasteiger partial charge in [0.15, 0.2) is 22.5 Å². The molecule has 0 aliphatic heterocycles. The number of aryl methyl sites for hydroxylation is 1. The maximum atomic E-state index is 14.1. The summed E-state index contributed by atoms with van der Waals surface area (Å²) in [6.45, 7) is 10.3. The molecule has 0 N–H and O–H groups in total. The van der Waals surface area contributed by atoms with Crippen LogP contribution in [-0.2, 0) is 25.6 Å². The number of carbonyl (C=O) groups excluding carboxylic acids is 3. The molecule has 1 aliphatic rings. The Labute approximate surface area is 279 Å². The third kappa shape index (κ3) is 8.08. The molecule has 4 aromatic rings. The molecule has 12 heteroatoms. The Morgan fingerprint density at radius 1 is 0.917 bits per heavy atom. The van der Waals surface area contributed by atoms with E-state index in [2.05, 4.69) is 15.5 Å². The lowest BCUT2D eigenvalue weighted by Gasteiger charge is -2.34. The van der Waals surface area contributed by atoms with E-state index in [4.69, 9.17) is 18.7 Å². The van der Waals surface area contributed by atoms with E-state index in [1.165, 1.54) is 25.7 Å². The summed E-state index contributed by atoms with van der Waals surface area (Å²) in [5.41, 5.74) is -3.98. The normalized spacial score (nSPS) is 14.4. The first-order valence-electron chi connectivity index (χ1n) is 16.5. The topological polar surface area (TPSA) is 153 Å². The number of nitrogens with zero attached hydrogens (tertiary/aromatic N) is 4. The van der Waals surface area contributed by atoms with Crippen LogP contribution in [0.5, 0.6) is 5.75 Å². The summed E-state index contributed by atoms with van der Waals surface area (Å²) in [5.74, 6) is -1.30. The molecule has 256 valence electrons. The van der Waals surface area contributed by atoms with Crippen LogP contribution in [0.15, 0.2) is 51.8 Å². The van der Waals surface area contributed by atoms with Crippen molar-refractivity contribution in [2.24, 2.45) is 11.3 Å². The minimum atomic E-state index is -2.17. The Hall–Kier alpha value is -4.61. The lowest BCUT2D eigenvalue weighted by atomic mass is 9.78. The number of fused-ring (bicyclic) bond motifs is 2. The molecule has 0 amide bonds. The molecule has 1 fully saturated rings. The highest BCUT2D eigenvalue weighted by molar-refractivity contribution is 6.11. The lowest BCUT2D eigenvalue weighted by molar-refractivity contribution is -0.186. The number of ketones is 1. The van der Waals surface area contributed by atoms with Crippen LogP contribution in [0.3, 0.4) is 0 Å². The van der Waals surface area contributed by atoms with Gasteiger partial charge in [-0.2, -0.15) is 0 Å². The molecule has 1 aliphatic carbocycles. The smallest absolute Gasteiger partial charge is 0.324 e. The summed E-state index contributed by atoms with van der Waals surface area (Å²) < 4.78 is 24.0. The van der Waals surface area contributed by atoms with Gasteiger partial charge < -0.3 is 18.7 Å². The van der Waals surface area contributed by atoms with Crippen molar-refractivity contribution >= 4 is 39.6 Å². The van der Waals surface area contributed by atoms with E-state index in [1.807, 2.05) is 0 Å². The number of ether oxygens (including phenoxy) is 3. The molecule has 0 atom stereocenters. The maximum Gasteiger partial charge on any atom is 0.324 e. The average molecular weight is 661 g/mol. The standard InChI is InChI=1S/C36H44N4O8/c1-34(2,3)46-32(43)36(33(44)47-35(4,5)6,18-19-40-31(42)25-13-9-10-14-27(25)37-39-40)22-28(41)30-26-16-15-24(21-29(26)48-38-30)45-20-17-23-11-7-8-12-23/h9-10,13-16,21,23H,7-8,11-12,17-20,22H2,1-6H3. The van der Waals surface area contributed by atoms with Crippen LogP contribution < -0.4 is 10.3 Å². The van der Waals surface area contributed by atoms with Crippen LogP contribution in [0.2, 0.25) is 0 Å². The maximum absolute atomic E-state index is 14.1.